The van der Waals surface area contributed by atoms with Crippen molar-refractivity contribution in [2.45, 2.75) is 6.04 Å². The van der Waals surface area contributed by atoms with Crippen molar-refractivity contribution < 1.29 is 8.78 Å². The normalized spacial score (nSPS) is 12.5. The third-order valence-electron chi connectivity index (χ3n) is 2.60. The smallest absolute Gasteiger partial charge is 0.131 e. The van der Waals surface area contributed by atoms with Gasteiger partial charge in [0, 0.05) is 21.7 Å². The Morgan fingerprint density at radius 3 is 2.22 bits per heavy atom. The van der Waals surface area contributed by atoms with Crippen molar-refractivity contribution in [2.24, 2.45) is 5.73 Å². The molecule has 0 heterocycles. The minimum absolute atomic E-state index is 0.181. The number of hydrogen-bond donors (Lipinski definition) is 1. The predicted octanol–water partition coefficient (Wildman–Crippen LogP) is 4.32. The van der Waals surface area contributed by atoms with Gasteiger partial charge in [0.1, 0.15) is 11.6 Å². The topological polar surface area (TPSA) is 26.0 Å². The highest BCUT2D eigenvalue weighted by Crippen LogP contribution is 2.30. The molecule has 0 aliphatic heterocycles. The maximum absolute atomic E-state index is 13.6. The standard InChI is InChI=1S/C13H9Cl2F2N/c14-7-1-3-9(11(15)5-7)13(18)10-4-2-8(16)6-12(10)17/h1-6,13H,18H2. The van der Waals surface area contributed by atoms with Gasteiger partial charge in [-0.2, -0.15) is 0 Å². The average molecular weight is 288 g/mol. The van der Waals surface area contributed by atoms with E-state index in [1.54, 1.807) is 12.1 Å². The van der Waals surface area contributed by atoms with Gasteiger partial charge in [0.2, 0.25) is 0 Å². The highest BCUT2D eigenvalue weighted by molar-refractivity contribution is 6.35. The summed E-state index contributed by atoms with van der Waals surface area (Å²) < 4.78 is 26.4. The summed E-state index contributed by atoms with van der Waals surface area (Å²) in [5.74, 6) is -1.35. The van der Waals surface area contributed by atoms with Crippen LogP contribution in [-0.4, -0.2) is 0 Å². The second-order valence-corrected chi connectivity index (χ2v) is 4.65. The van der Waals surface area contributed by atoms with E-state index < -0.39 is 17.7 Å². The van der Waals surface area contributed by atoms with Crippen LogP contribution in [0.5, 0.6) is 0 Å². The molecule has 2 rings (SSSR count). The van der Waals surface area contributed by atoms with Crippen LogP contribution in [0.3, 0.4) is 0 Å². The first-order valence-corrected chi connectivity index (χ1v) is 5.90. The first-order chi connectivity index (χ1) is 8.49. The van der Waals surface area contributed by atoms with Crippen LogP contribution in [0.1, 0.15) is 17.2 Å². The summed E-state index contributed by atoms with van der Waals surface area (Å²) >= 11 is 11.8. The van der Waals surface area contributed by atoms with Crippen LogP contribution in [0.25, 0.3) is 0 Å². The van der Waals surface area contributed by atoms with Crippen LogP contribution in [0.15, 0.2) is 36.4 Å². The fourth-order valence-electron chi connectivity index (χ4n) is 1.67. The highest BCUT2D eigenvalue weighted by Gasteiger charge is 2.16. The van der Waals surface area contributed by atoms with Gasteiger partial charge in [0.15, 0.2) is 0 Å². The summed E-state index contributed by atoms with van der Waals surface area (Å²) in [6.07, 6.45) is 0. The molecule has 94 valence electrons. The molecule has 0 aromatic heterocycles. The molecule has 1 unspecified atom stereocenters. The zero-order valence-electron chi connectivity index (χ0n) is 9.13. The van der Waals surface area contributed by atoms with E-state index in [0.717, 1.165) is 12.1 Å². The van der Waals surface area contributed by atoms with E-state index in [-0.39, 0.29) is 5.56 Å². The molecule has 2 aromatic carbocycles. The second kappa shape index (κ2) is 5.22. The lowest BCUT2D eigenvalue weighted by atomic mass is 9.99. The van der Waals surface area contributed by atoms with Gasteiger partial charge in [0.05, 0.1) is 6.04 Å². The largest absolute Gasteiger partial charge is 0.320 e. The van der Waals surface area contributed by atoms with Crippen molar-refractivity contribution in [1.82, 2.24) is 0 Å². The molecule has 0 fully saturated rings. The predicted molar refractivity (Wildman–Crippen MR) is 68.9 cm³/mol. The Labute approximate surface area is 113 Å². The fraction of sp³-hybridized carbons (Fsp3) is 0.0769. The quantitative estimate of drug-likeness (QED) is 0.875. The van der Waals surface area contributed by atoms with Gasteiger partial charge < -0.3 is 5.73 Å². The molecule has 0 spiro atoms. The van der Waals surface area contributed by atoms with Crippen LogP contribution < -0.4 is 5.73 Å². The van der Waals surface area contributed by atoms with Crippen molar-refractivity contribution >= 4 is 23.2 Å². The number of halogens is 4. The van der Waals surface area contributed by atoms with E-state index in [4.69, 9.17) is 28.9 Å². The lowest BCUT2D eigenvalue weighted by molar-refractivity contribution is 0.566. The van der Waals surface area contributed by atoms with Crippen LogP contribution in [0, 0.1) is 11.6 Å². The van der Waals surface area contributed by atoms with Crippen LogP contribution in [0.2, 0.25) is 10.0 Å². The second-order valence-electron chi connectivity index (χ2n) is 3.81. The van der Waals surface area contributed by atoms with E-state index in [9.17, 15) is 8.78 Å². The summed E-state index contributed by atoms with van der Waals surface area (Å²) in [4.78, 5) is 0. The van der Waals surface area contributed by atoms with Crippen molar-refractivity contribution in [3.05, 3.63) is 69.2 Å². The van der Waals surface area contributed by atoms with Gasteiger partial charge in [-0.3, -0.25) is 0 Å². The van der Waals surface area contributed by atoms with E-state index >= 15 is 0 Å². The minimum atomic E-state index is -0.768. The number of nitrogens with two attached hydrogens (primary N) is 1. The highest BCUT2D eigenvalue weighted by atomic mass is 35.5. The summed E-state index contributed by atoms with van der Waals surface area (Å²) in [5, 5.41) is 0.814. The maximum Gasteiger partial charge on any atom is 0.131 e. The summed E-state index contributed by atoms with van der Waals surface area (Å²) in [7, 11) is 0. The summed E-state index contributed by atoms with van der Waals surface area (Å²) in [6.45, 7) is 0. The molecule has 1 atom stereocenters. The third-order valence-corrected chi connectivity index (χ3v) is 3.16. The molecule has 1 nitrogen and oxygen atoms in total. The first-order valence-electron chi connectivity index (χ1n) is 5.14. The average Bonchev–Trinajstić information content (AvgIpc) is 2.28. The summed E-state index contributed by atoms with van der Waals surface area (Å²) in [6, 6.07) is 7.25. The van der Waals surface area contributed by atoms with E-state index in [1.165, 1.54) is 12.1 Å². The molecule has 0 aliphatic rings. The Kier molecular flexibility index (Phi) is 3.85. The van der Waals surface area contributed by atoms with Crippen molar-refractivity contribution in [3.8, 4) is 0 Å². The number of hydrogen-bond acceptors (Lipinski definition) is 1. The van der Waals surface area contributed by atoms with Crippen molar-refractivity contribution in [3.63, 3.8) is 0 Å². The Morgan fingerprint density at radius 1 is 0.944 bits per heavy atom. The molecule has 0 amide bonds. The van der Waals surface area contributed by atoms with Gasteiger partial charge in [0.25, 0.3) is 0 Å². The van der Waals surface area contributed by atoms with E-state index in [2.05, 4.69) is 0 Å². The third kappa shape index (κ3) is 2.64. The zero-order valence-corrected chi connectivity index (χ0v) is 10.6. The molecule has 0 aliphatic carbocycles. The number of benzene rings is 2. The minimum Gasteiger partial charge on any atom is -0.320 e. The number of rotatable bonds is 2. The molecule has 0 bridgehead atoms. The SMILES string of the molecule is NC(c1ccc(F)cc1F)c1ccc(Cl)cc1Cl. The van der Waals surface area contributed by atoms with Gasteiger partial charge in [-0.15, -0.1) is 0 Å². The van der Waals surface area contributed by atoms with Gasteiger partial charge in [-0.1, -0.05) is 35.3 Å². The molecule has 0 radical (unpaired) electrons. The van der Waals surface area contributed by atoms with Gasteiger partial charge in [-0.05, 0) is 23.8 Å². The zero-order chi connectivity index (χ0) is 13.3. The van der Waals surface area contributed by atoms with E-state index in [0.29, 0.717) is 15.6 Å². The molecular formula is C13H9Cl2F2N. The molecule has 2 N–H and O–H groups in total. The Bertz CT molecular complexity index is 536. The Morgan fingerprint density at radius 2 is 1.61 bits per heavy atom. The molecule has 18 heavy (non-hydrogen) atoms. The van der Waals surface area contributed by atoms with Crippen LogP contribution in [0.4, 0.5) is 8.78 Å². The molecule has 2 aromatic rings. The lowest BCUT2D eigenvalue weighted by Gasteiger charge is -2.15. The maximum atomic E-state index is 13.6. The van der Waals surface area contributed by atoms with Crippen LogP contribution in [-0.2, 0) is 0 Å². The van der Waals surface area contributed by atoms with Crippen molar-refractivity contribution in [2.75, 3.05) is 0 Å². The summed E-state index contributed by atoms with van der Waals surface area (Å²) in [5.41, 5.74) is 6.64. The molecule has 5 heteroatoms. The van der Waals surface area contributed by atoms with Crippen LogP contribution >= 0.6 is 23.2 Å². The monoisotopic (exact) mass is 287 g/mol. The Hall–Kier alpha value is -1.16. The van der Waals surface area contributed by atoms with Gasteiger partial charge in [-0.25, -0.2) is 8.78 Å². The van der Waals surface area contributed by atoms with E-state index in [1.807, 2.05) is 0 Å². The molecule has 0 saturated carbocycles. The molecular weight excluding hydrogens is 279 g/mol. The van der Waals surface area contributed by atoms with Gasteiger partial charge >= 0.3 is 0 Å². The lowest BCUT2D eigenvalue weighted by Crippen LogP contribution is -2.14. The first kappa shape index (κ1) is 13.3. The van der Waals surface area contributed by atoms with Crippen molar-refractivity contribution in [1.29, 1.82) is 0 Å². The fourth-order valence-corrected chi connectivity index (χ4v) is 2.20. The Balaban J connectivity index is 2.44. The molecule has 0 saturated heterocycles.